The summed E-state index contributed by atoms with van der Waals surface area (Å²) >= 11 is 0. The normalized spacial score (nSPS) is 10.0. The minimum absolute atomic E-state index is 0.0885. The maximum atomic E-state index is 12.1. The Morgan fingerprint density at radius 3 is 2.36 bits per heavy atom. The average molecular weight is 344 g/mol. The van der Waals surface area contributed by atoms with E-state index in [2.05, 4.69) is 5.32 Å². The molecular formula is C17H16N2O6. The monoisotopic (exact) mass is 344 g/mol. The van der Waals surface area contributed by atoms with Crippen molar-refractivity contribution in [3.63, 3.8) is 0 Å². The second-order valence-electron chi connectivity index (χ2n) is 5.01. The van der Waals surface area contributed by atoms with Crippen LogP contribution in [-0.4, -0.2) is 31.0 Å². The highest BCUT2D eigenvalue weighted by molar-refractivity contribution is 5.94. The van der Waals surface area contributed by atoms with Crippen molar-refractivity contribution >= 4 is 17.6 Å². The van der Waals surface area contributed by atoms with Crippen LogP contribution in [0, 0.1) is 10.1 Å². The van der Waals surface area contributed by atoms with Crippen LogP contribution >= 0.6 is 0 Å². The van der Waals surface area contributed by atoms with Gasteiger partial charge in [-0.2, -0.15) is 0 Å². The first-order chi connectivity index (χ1) is 12.0. The van der Waals surface area contributed by atoms with E-state index < -0.39 is 10.9 Å². The predicted octanol–water partition coefficient (Wildman–Crippen LogP) is 2.32. The molecule has 0 heterocycles. The summed E-state index contributed by atoms with van der Waals surface area (Å²) in [5.74, 6) is -0.553. The lowest BCUT2D eigenvalue weighted by Gasteiger charge is -2.10. The highest BCUT2D eigenvalue weighted by atomic mass is 16.6. The molecular weight excluding hydrogens is 328 g/mol. The number of hydrogen-bond acceptors (Lipinski definition) is 6. The van der Waals surface area contributed by atoms with Crippen LogP contribution in [0.4, 0.5) is 5.69 Å². The number of hydrogen-bond donors (Lipinski definition) is 1. The lowest BCUT2D eigenvalue weighted by molar-refractivity contribution is -0.384. The van der Waals surface area contributed by atoms with Crippen molar-refractivity contribution in [3.8, 4) is 5.75 Å². The fourth-order valence-electron chi connectivity index (χ4n) is 2.15. The van der Waals surface area contributed by atoms with Gasteiger partial charge in [-0.3, -0.25) is 14.9 Å². The van der Waals surface area contributed by atoms with Gasteiger partial charge >= 0.3 is 5.97 Å². The molecule has 0 fully saturated rings. The summed E-state index contributed by atoms with van der Waals surface area (Å²) in [6.45, 7) is 0.170. The van der Waals surface area contributed by atoms with Gasteiger partial charge in [-0.25, -0.2) is 4.79 Å². The third-order valence-corrected chi connectivity index (χ3v) is 3.46. The second-order valence-corrected chi connectivity index (χ2v) is 5.01. The zero-order chi connectivity index (χ0) is 18.4. The van der Waals surface area contributed by atoms with Crippen molar-refractivity contribution in [1.29, 1.82) is 0 Å². The first-order valence-electron chi connectivity index (χ1n) is 7.24. The summed E-state index contributed by atoms with van der Waals surface area (Å²) in [5.41, 5.74) is 1.14. The summed E-state index contributed by atoms with van der Waals surface area (Å²) < 4.78 is 9.80. The van der Waals surface area contributed by atoms with Crippen LogP contribution in [0.3, 0.4) is 0 Å². The van der Waals surface area contributed by atoms with Gasteiger partial charge in [-0.05, 0) is 29.8 Å². The van der Waals surface area contributed by atoms with E-state index in [0.717, 1.165) is 0 Å². The molecule has 0 atom stereocenters. The molecule has 2 aromatic rings. The molecule has 0 bridgehead atoms. The molecule has 0 aliphatic heterocycles. The van der Waals surface area contributed by atoms with Crippen LogP contribution in [0.25, 0.3) is 0 Å². The maximum Gasteiger partial charge on any atom is 0.341 e. The Hall–Kier alpha value is -3.42. The zero-order valence-electron chi connectivity index (χ0n) is 13.6. The molecule has 8 nitrogen and oxygen atoms in total. The molecule has 2 rings (SSSR count). The van der Waals surface area contributed by atoms with Crippen LogP contribution in [0.1, 0.15) is 26.3 Å². The minimum Gasteiger partial charge on any atom is -0.496 e. The molecule has 25 heavy (non-hydrogen) atoms. The molecule has 0 saturated carbocycles. The van der Waals surface area contributed by atoms with Gasteiger partial charge in [0.25, 0.3) is 11.6 Å². The number of ether oxygens (including phenoxy) is 2. The van der Waals surface area contributed by atoms with E-state index in [-0.39, 0.29) is 23.7 Å². The lowest BCUT2D eigenvalue weighted by Crippen LogP contribution is -2.23. The van der Waals surface area contributed by atoms with Crippen molar-refractivity contribution in [2.75, 3.05) is 14.2 Å². The molecule has 0 aliphatic carbocycles. The molecule has 1 amide bonds. The average Bonchev–Trinajstić information content (AvgIpc) is 2.65. The van der Waals surface area contributed by atoms with E-state index in [4.69, 9.17) is 9.47 Å². The number of rotatable bonds is 6. The number of nitro groups is 1. The number of nitrogens with one attached hydrogen (secondary N) is 1. The fourth-order valence-corrected chi connectivity index (χ4v) is 2.15. The maximum absolute atomic E-state index is 12.1. The SMILES string of the molecule is COC(=O)c1cc(CNC(=O)c2ccc([N+](=O)[O-])cc2)ccc1OC. The number of esters is 1. The van der Waals surface area contributed by atoms with Crippen molar-refractivity contribution in [2.45, 2.75) is 6.54 Å². The van der Waals surface area contributed by atoms with Gasteiger partial charge in [-0.1, -0.05) is 6.07 Å². The van der Waals surface area contributed by atoms with E-state index in [1.807, 2.05) is 0 Å². The Labute approximate surface area is 143 Å². The fraction of sp³-hybridized carbons (Fsp3) is 0.176. The van der Waals surface area contributed by atoms with E-state index in [0.29, 0.717) is 16.9 Å². The van der Waals surface area contributed by atoms with Crippen molar-refractivity contribution in [3.05, 3.63) is 69.3 Å². The Morgan fingerprint density at radius 1 is 1.12 bits per heavy atom. The standard InChI is InChI=1S/C17H16N2O6/c1-24-15-8-3-11(9-14(15)17(21)25-2)10-18-16(20)12-4-6-13(7-5-12)19(22)23/h3-9H,10H2,1-2H3,(H,18,20). The number of carbonyl (C=O) groups excluding carboxylic acids is 2. The van der Waals surface area contributed by atoms with Gasteiger partial charge in [0, 0.05) is 24.2 Å². The summed E-state index contributed by atoms with van der Waals surface area (Å²) in [6, 6.07) is 10.2. The predicted molar refractivity (Wildman–Crippen MR) is 88.6 cm³/mol. The summed E-state index contributed by atoms with van der Waals surface area (Å²) in [6.07, 6.45) is 0. The molecule has 0 spiro atoms. The third kappa shape index (κ3) is 4.31. The van der Waals surface area contributed by atoms with Crippen molar-refractivity contribution < 1.29 is 24.0 Å². The first-order valence-corrected chi connectivity index (χ1v) is 7.24. The number of benzene rings is 2. The lowest BCUT2D eigenvalue weighted by atomic mass is 10.1. The third-order valence-electron chi connectivity index (χ3n) is 3.46. The molecule has 0 radical (unpaired) electrons. The molecule has 0 unspecified atom stereocenters. The number of amides is 1. The van der Waals surface area contributed by atoms with Gasteiger partial charge < -0.3 is 14.8 Å². The highest BCUT2D eigenvalue weighted by Gasteiger charge is 2.14. The zero-order valence-corrected chi connectivity index (χ0v) is 13.6. The summed E-state index contributed by atoms with van der Waals surface area (Å²) in [7, 11) is 2.71. The molecule has 130 valence electrons. The Bertz CT molecular complexity index is 801. The number of non-ortho nitro benzene ring substituents is 1. The van der Waals surface area contributed by atoms with E-state index >= 15 is 0 Å². The second kappa shape index (κ2) is 7.91. The molecule has 0 aromatic heterocycles. The van der Waals surface area contributed by atoms with Gasteiger partial charge in [0.15, 0.2) is 0 Å². The van der Waals surface area contributed by atoms with Crippen molar-refractivity contribution in [2.24, 2.45) is 0 Å². The summed E-state index contributed by atoms with van der Waals surface area (Å²) in [5, 5.41) is 13.3. The number of nitro benzene ring substituents is 1. The van der Waals surface area contributed by atoms with Gasteiger partial charge in [0.1, 0.15) is 11.3 Å². The molecule has 8 heteroatoms. The first kappa shape index (κ1) is 17.9. The van der Waals surface area contributed by atoms with Gasteiger partial charge in [0.2, 0.25) is 0 Å². The van der Waals surface area contributed by atoms with E-state index in [9.17, 15) is 19.7 Å². The van der Waals surface area contributed by atoms with Crippen LogP contribution in [0.2, 0.25) is 0 Å². The largest absolute Gasteiger partial charge is 0.496 e. The van der Waals surface area contributed by atoms with E-state index in [1.54, 1.807) is 18.2 Å². The number of methoxy groups -OCH3 is 2. The van der Waals surface area contributed by atoms with Crippen LogP contribution in [0.15, 0.2) is 42.5 Å². The molecule has 0 aliphatic rings. The minimum atomic E-state index is -0.541. The number of nitrogens with zero attached hydrogens (tertiary/aromatic N) is 1. The molecule has 1 N–H and O–H groups in total. The quantitative estimate of drug-likeness (QED) is 0.489. The van der Waals surface area contributed by atoms with Crippen LogP contribution in [0.5, 0.6) is 5.75 Å². The summed E-state index contributed by atoms with van der Waals surface area (Å²) in [4.78, 5) is 33.9. The molecule has 0 saturated heterocycles. The Morgan fingerprint density at radius 2 is 1.80 bits per heavy atom. The highest BCUT2D eigenvalue weighted by Crippen LogP contribution is 2.21. The smallest absolute Gasteiger partial charge is 0.341 e. The van der Waals surface area contributed by atoms with Gasteiger partial charge in [-0.15, -0.1) is 0 Å². The number of carbonyl (C=O) groups is 2. The Balaban J connectivity index is 2.08. The topological polar surface area (TPSA) is 108 Å². The molecule has 2 aromatic carbocycles. The Kier molecular flexibility index (Phi) is 5.67. The van der Waals surface area contributed by atoms with Crippen LogP contribution < -0.4 is 10.1 Å². The van der Waals surface area contributed by atoms with Crippen molar-refractivity contribution in [1.82, 2.24) is 5.32 Å². The van der Waals surface area contributed by atoms with Gasteiger partial charge in [0.05, 0.1) is 19.1 Å². The van der Waals surface area contributed by atoms with Crippen LogP contribution in [-0.2, 0) is 11.3 Å². The van der Waals surface area contributed by atoms with E-state index in [1.165, 1.54) is 38.5 Å².